The first-order valence-electron chi connectivity index (χ1n) is 13.4. The quantitative estimate of drug-likeness (QED) is 0.568. The van der Waals surface area contributed by atoms with E-state index in [1.807, 2.05) is 4.90 Å². The third-order valence-corrected chi connectivity index (χ3v) is 8.49. The normalized spacial score (nSPS) is 23.5. The minimum atomic E-state index is -0.287. The van der Waals surface area contributed by atoms with Crippen LogP contribution in [0.15, 0.2) is 54.8 Å². The Bertz CT molecular complexity index is 1110. The Morgan fingerprint density at radius 3 is 2.44 bits per heavy atom. The van der Waals surface area contributed by atoms with Gasteiger partial charge in [-0.25, -0.2) is 4.39 Å². The third-order valence-electron chi connectivity index (χ3n) is 8.49. The summed E-state index contributed by atoms with van der Waals surface area (Å²) in [6.45, 7) is 6.78. The number of anilines is 1. The van der Waals surface area contributed by atoms with E-state index in [0.29, 0.717) is 0 Å². The molecule has 192 valence electrons. The van der Waals surface area contributed by atoms with Crippen LogP contribution in [0, 0.1) is 5.82 Å². The van der Waals surface area contributed by atoms with Gasteiger partial charge in [-0.2, -0.15) is 0 Å². The fourth-order valence-corrected chi connectivity index (χ4v) is 6.38. The molecule has 1 saturated carbocycles. The molecule has 5 rings (SSSR count). The van der Waals surface area contributed by atoms with Gasteiger partial charge in [-0.15, -0.1) is 5.48 Å². The maximum Gasteiger partial charge on any atom is 0.224 e. The molecule has 2 aromatic carbocycles. The Morgan fingerprint density at radius 2 is 1.78 bits per heavy atom. The lowest BCUT2D eigenvalue weighted by molar-refractivity contribution is -0.118. The number of nitrogens with one attached hydrogen (secondary N) is 1. The topological polar surface area (TPSA) is 44.8 Å². The molecule has 1 N–H and O–H groups in total. The van der Waals surface area contributed by atoms with Gasteiger partial charge in [0.05, 0.1) is 5.54 Å². The smallest absolute Gasteiger partial charge is 0.224 e. The fraction of sp³-hybridized carbons (Fsp3) is 0.500. The first-order valence-corrected chi connectivity index (χ1v) is 13.4. The predicted molar refractivity (Wildman–Crippen MR) is 141 cm³/mol. The van der Waals surface area contributed by atoms with Crippen LogP contribution in [0.4, 0.5) is 10.1 Å². The van der Waals surface area contributed by atoms with Crippen LogP contribution in [0.25, 0.3) is 0 Å². The summed E-state index contributed by atoms with van der Waals surface area (Å²) in [6.07, 6.45) is 12.2. The molecule has 0 aromatic heterocycles. The number of carbonyl (C=O) groups is 1. The molecule has 0 spiro atoms. The van der Waals surface area contributed by atoms with Crippen molar-refractivity contribution in [1.29, 1.82) is 0 Å². The maximum absolute atomic E-state index is 13.6. The molecule has 2 heterocycles. The Kier molecular flexibility index (Phi) is 7.18. The van der Waals surface area contributed by atoms with Crippen LogP contribution in [-0.4, -0.2) is 36.0 Å². The summed E-state index contributed by atoms with van der Waals surface area (Å²) in [5.41, 5.74) is 7.49. The van der Waals surface area contributed by atoms with Gasteiger partial charge in [0, 0.05) is 37.8 Å². The first-order chi connectivity index (χ1) is 17.4. The number of carbonyl (C=O) groups excluding carboxylic acids is 1. The van der Waals surface area contributed by atoms with Crippen molar-refractivity contribution >= 4 is 11.6 Å². The average Bonchev–Trinajstić information content (AvgIpc) is 3.22. The third kappa shape index (κ3) is 5.07. The molecule has 1 amide bonds. The second-order valence-corrected chi connectivity index (χ2v) is 10.9. The van der Waals surface area contributed by atoms with Gasteiger partial charge in [0.1, 0.15) is 12.1 Å². The van der Waals surface area contributed by atoms with Crippen molar-refractivity contribution < 1.29 is 14.0 Å². The highest BCUT2D eigenvalue weighted by atomic mass is 19.1. The number of rotatable bonds is 6. The standard InChI is InChI=1S/C30H38FN3O2/c1-23(35)34(28-10-8-27(31)9-11-28)30(14-4-3-5-15-30)16-20-33-18-12-24-6-7-26(22-25(24)13-19-33)29(2)17-21-36-32-29/h6-11,17,21-22,32H,3-5,12-16,18-20H2,1-2H3. The van der Waals surface area contributed by atoms with E-state index in [2.05, 4.69) is 41.6 Å². The van der Waals surface area contributed by atoms with E-state index in [1.165, 1.54) is 35.2 Å². The van der Waals surface area contributed by atoms with Gasteiger partial charge in [-0.1, -0.05) is 37.5 Å². The van der Waals surface area contributed by atoms with Gasteiger partial charge in [0.2, 0.25) is 5.91 Å². The van der Waals surface area contributed by atoms with E-state index in [0.717, 1.165) is 70.3 Å². The number of hydrogen-bond donors (Lipinski definition) is 1. The van der Waals surface area contributed by atoms with E-state index in [-0.39, 0.29) is 22.8 Å². The number of hydrogen-bond acceptors (Lipinski definition) is 4. The van der Waals surface area contributed by atoms with Crippen molar-refractivity contribution in [2.75, 3.05) is 24.5 Å². The molecule has 1 atom stereocenters. The van der Waals surface area contributed by atoms with Crippen LogP contribution in [0.1, 0.15) is 69.1 Å². The average molecular weight is 492 g/mol. The highest BCUT2D eigenvalue weighted by molar-refractivity contribution is 5.93. The molecule has 1 aliphatic carbocycles. The van der Waals surface area contributed by atoms with Gasteiger partial charge < -0.3 is 14.6 Å². The molecular weight excluding hydrogens is 453 g/mol. The summed E-state index contributed by atoms with van der Waals surface area (Å²) in [7, 11) is 0. The number of fused-ring (bicyclic) bond motifs is 1. The molecule has 1 fully saturated rings. The van der Waals surface area contributed by atoms with E-state index in [1.54, 1.807) is 25.3 Å². The van der Waals surface area contributed by atoms with Crippen molar-refractivity contribution in [3.8, 4) is 0 Å². The number of hydroxylamine groups is 1. The summed E-state index contributed by atoms with van der Waals surface area (Å²) < 4.78 is 13.6. The minimum Gasteiger partial charge on any atom is -0.416 e. The van der Waals surface area contributed by atoms with Crippen LogP contribution in [0.5, 0.6) is 0 Å². The SMILES string of the molecule is CC(=O)N(c1ccc(F)cc1)C1(CCN2CCc3ccc(C4(C)C=CON4)cc3CC2)CCCCC1. The Hall–Kier alpha value is -2.70. The molecule has 1 unspecified atom stereocenters. The maximum atomic E-state index is 13.6. The molecular formula is C30H38FN3O2. The molecule has 2 aliphatic heterocycles. The zero-order chi connectivity index (χ0) is 25.2. The molecule has 2 aromatic rings. The molecule has 36 heavy (non-hydrogen) atoms. The molecule has 0 bridgehead atoms. The van der Waals surface area contributed by atoms with Crippen LogP contribution in [0.3, 0.4) is 0 Å². The summed E-state index contributed by atoms with van der Waals surface area (Å²) in [5.74, 6) is -0.222. The van der Waals surface area contributed by atoms with Crippen LogP contribution in [0.2, 0.25) is 0 Å². The van der Waals surface area contributed by atoms with Crippen molar-refractivity contribution in [2.24, 2.45) is 0 Å². The molecule has 0 radical (unpaired) electrons. The molecule has 5 nitrogen and oxygen atoms in total. The van der Waals surface area contributed by atoms with Crippen LogP contribution >= 0.6 is 0 Å². The predicted octanol–water partition coefficient (Wildman–Crippen LogP) is 5.64. The first kappa shape index (κ1) is 25.0. The van der Waals surface area contributed by atoms with E-state index in [4.69, 9.17) is 4.84 Å². The summed E-state index contributed by atoms with van der Waals surface area (Å²) in [5, 5.41) is 0. The molecule has 0 saturated heterocycles. The van der Waals surface area contributed by atoms with Gasteiger partial charge >= 0.3 is 0 Å². The van der Waals surface area contributed by atoms with Crippen molar-refractivity contribution in [2.45, 2.75) is 76.3 Å². The Morgan fingerprint density at radius 1 is 1.06 bits per heavy atom. The zero-order valence-corrected chi connectivity index (χ0v) is 21.6. The van der Waals surface area contributed by atoms with E-state index < -0.39 is 0 Å². The summed E-state index contributed by atoms with van der Waals surface area (Å²) >= 11 is 0. The monoisotopic (exact) mass is 491 g/mol. The van der Waals surface area contributed by atoms with Gasteiger partial charge in [0.15, 0.2) is 0 Å². The lowest BCUT2D eigenvalue weighted by Crippen LogP contribution is -2.54. The molecule has 3 aliphatic rings. The zero-order valence-electron chi connectivity index (χ0n) is 21.6. The summed E-state index contributed by atoms with van der Waals surface area (Å²) in [6, 6.07) is 13.3. The second-order valence-electron chi connectivity index (χ2n) is 10.9. The number of nitrogens with zero attached hydrogens (tertiary/aromatic N) is 2. The number of benzene rings is 2. The van der Waals surface area contributed by atoms with Gasteiger partial charge in [-0.05, 0) is 86.1 Å². The van der Waals surface area contributed by atoms with Gasteiger partial charge in [-0.3, -0.25) is 4.79 Å². The van der Waals surface area contributed by atoms with Crippen molar-refractivity contribution in [1.82, 2.24) is 10.4 Å². The molecule has 6 heteroatoms. The lowest BCUT2D eigenvalue weighted by atomic mass is 9.77. The van der Waals surface area contributed by atoms with E-state index >= 15 is 0 Å². The lowest BCUT2D eigenvalue weighted by Gasteiger charge is -2.47. The Labute approximate surface area is 214 Å². The highest BCUT2D eigenvalue weighted by Gasteiger charge is 2.40. The van der Waals surface area contributed by atoms with Crippen LogP contribution in [-0.2, 0) is 28.0 Å². The fourth-order valence-electron chi connectivity index (χ4n) is 6.38. The number of amides is 1. The van der Waals surface area contributed by atoms with E-state index in [9.17, 15) is 9.18 Å². The van der Waals surface area contributed by atoms with Crippen molar-refractivity contribution in [3.63, 3.8) is 0 Å². The highest BCUT2D eigenvalue weighted by Crippen LogP contribution is 2.40. The minimum absolute atomic E-state index is 0.0476. The van der Waals surface area contributed by atoms with Gasteiger partial charge in [0.25, 0.3) is 0 Å². The second kappa shape index (κ2) is 10.3. The van der Waals surface area contributed by atoms with Crippen molar-refractivity contribution in [3.05, 3.63) is 77.3 Å². The number of halogens is 1. The van der Waals surface area contributed by atoms with Crippen LogP contribution < -0.4 is 10.4 Å². The largest absolute Gasteiger partial charge is 0.416 e. The Balaban J connectivity index is 1.30. The summed E-state index contributed by atoms with van der Waals surface area (Å²) in [4.78, 5) is 22.8.